The van der Waals surface area contributed by atoms with E-state index in [1.807, 2.05) is 16.3 Å². The number of carbonyl (C=O) groups is 1. The number of thiophene rings is 1. The summed E-state index contributed by atoms with van der Waals surface area (Å²) in [7, 11) is 0. The Labute approximate surface area is 145 Å². The standard InChI is InChI=1S/C17H22N4O2S/c22-17(16-14-9-18-6-5-15(14)19-20-16)21(10-12-3-1-7-23-12)11-13-4-2-8-24-13/h2,4,8,12,18H,1,3,5-7,9-11H2,(H,19,20). The molecule has 0 radical (unpaired) electrons. The number of rotatable bonds is 5. The molecule has 0 spiro atoms. The summed E-state index contributed by atoms with van der Waals surface area (Å²) in [5, 5.41) is 12.7. The van der Waals surface area contributed by atoms with Crippen LogP contribution in [0.1, 0.15) is 39.5 Å². The van der Waals surface area contributed by atoms with Crippen molar-refractivity contribution in [3.63, 3.8) is 0 Å². The minimum absolute atomic E-state index is 0.0000926. The van der Waals surface area contributed by atoms with Crippen LogP contribution in [0.2, 0.25) is 0 Å². The van der Waals surface area contributed by atoms with E-state index in [1.54, 1.807) is 11.3 Å². The third-order valence-electron chi connectivity index (χ3n) is 4.67. The van der Waals surface area contributed by atoms with E-state index in [0.29, 0.717) is 25.3 Å². The molecule has 2 aliphatic rings. The van der Waals surface area contributed by atoms with Crippen LogP contribution in [0.25, 0.3) is 0 Å². The van der Waals surface area contributed by atoms with Gasteiger partial charge in [0.15, 0.2) is 5.69 Å². The van der Waals surface area contributed by atoms with Crippen LogP contribution in [0.15, 0.2) is 17.5 Å². The molecule has 4 rings (SSSR count). The fourth-order valence-corrected chi connectivity index (χ4v) is 4.12. The molecule has 0 bridgehead atoms. The van der Waals surface area contributed by atoms with Crippen LogP contribution in [-0.2, 0) is 24.2 Å². The molecule has 0 saturated carbocycles. The quantitative estimate of drug-likeness (QED) is 0.868. The third kappa shape index (κ3) is 3.24. The lowest BCUT2D eigenvalue weighted by molar-refractivity contribution is 0.0504. The second kappa shape index (κ2) is 7.04. The fourth-order valence-electron chi connectivity index (χ4n) is 3.40. The number of aromatic amines is 1. The first-order chi connectivity index (χ1) is 11.8. The average Bonchev–Trinajstić information content (AvgIpc) is 3.35. The molecule has 7 heteroatoms. The second-order valence-corrected chi connectivity index (χ2v) is 7.39. The number of H-pyrrole nitrogens is 1. The normalized spacial score (nSPS) is 20.1. The maximum absolute atomic E-state index is 13.2. The molecule has 2 N–H and O–H groups in total. The van der Waals surface area contributed by atoms with Crippen molar-refractivity contribution in [2.75, 3.05) is 19.7 Å². The lowest BCUT2D eigenvalue weighted by Crippen LogP contribution is -2.38. The van der Waals surface area contributed by atoms with Gasteiger partial charge in [0.05, 0.1) is 12.6 Å². The predicted octanol–water partition coefficient (Wildman–Crippen LogP) is 1.94. The van der Waals surface area contributed by atoms with Crippen LogP contribution >= 0.6 is 11.3 Å². The van der Waals surface area contributed by atoms with Crippen molar-refractivity contribution in [3.05, 3.63) is 39.3 Å². The van der Waals surface area contributed by atoms with Crippen molar-refractivity contribution >= 4 is 17.2 Å². The number of fused-ring (bicyclic) bond motifs is 1. The number of carbonyl (C=O) groups excluding carboxylic acids is 1. The molecule has 128 valence electrons. The minimum atomic E-state index is 0.0000926. The molecule has 0 aliphatic carbocycles. The number of aromatic nitrogens is 2. The Morgan fingerprint density at radius 3 is 3.25 bits per heavy atom. The average molecular weight is 346 g/mol. The van der Waals surface area contributed by atoms with E-state index >= 15 is 0 Å². The molecule has 1 saturated heterocycles. The Morgan fingerprint density at radius 1 is 1.50 bits per heavy atom. The van der Waals surface area contributed by atoms with E-state index in [9.17, 15) is 4.79 Å². The van der Waals surface area contributed by atoms with Crippen molar-refractivity contribution in [1.82, 2.24) is 20.4 Å². The van der Waals surface area contributed by atoms with E-state index in [2.05, 4.69) is 21.6 Å². The maximum Gasteiger partial charge on any atom is 0.275 e. The van der Waals surface area contributed by atoms with E-state index < -0.39 is 0 Å². The zero-order valence-electron chi connectivity index (χ0n) is 13.6. The van der Waals surface area contributed by atoms with Gasteiger partial charge in [0.25, 0.3) is 5.91 Å². The SMILES string of the molecule is O=C(c1n[nH]c2c1CNCC2)N(Cc1cccs1)CC1CCCO1. The number of nitrogens with zero attached hydrogens (tertiary/aromatic N) is 2. The zero-order valence-corrected chi connectivity index (χ0v) is 14.4. The lowest BCUT2D eigenvalue weighted by Gasteiger charge is -2.25. The summed E-state index contributed by atoms with van der Waals surface area (Å²) in [6.07, 6.45) is 3.13. The van der Waals surface area contributed by atoms with Crippen molar-refractivity contribution < 1.29 is 9.53 Å². The molecule has 2 aliphatic heterocycles. The third-order valence-corrected chi connectivity index (χ3v) is 5.53. The van der Waals surface area contributed by atoms with Crippen LogP contribution in [0, 0.1) is 0 Å². The molecule has 0 aromatic carbocycles. The summed E-state index contributed by atoms with van der Waals surface area (Å²) in [5.74, 6) is 0.0000926. The number of hydrogen-bond donors (Lipinski definition) is 2. The molecule has 1 fully saturated rings. The van der Waals surface area contributed by atoms with Gasteiger partial charge in [-0.15, -0.1) is 11.3 Å². The van der Waals surface area contributed by atoms with Gasteiger partial charge in [-0.05, 0) is 24.3 Å². The molecule has 2 aromatic heterocycles. The molecular weight excluding hydrogens is 324 g/mol. The van der Waals surface area contributed by atoms with E-state index in [4.69, 9.17) is 4.74 Å². The summed E-state index contributed by atoms with van der Waals surface area (Å²) < 4.78 is 5.75. The Bertz CT molecular complexity index is 692. The van der Waals surface area contributed by atoms with Crippen LogP contribution in [0.5, 0.6) is 0 Å². The molecule has 1 amide bonds. The van der Waals surface area contributed by atoms with Gasteiger partial charge in [-0.2, -0.15) is 5.10 Å². The number of nitrogens with one attached hydrogen (secondary N) is 2. The Hall–Kier alpha value is -1.70. The highest BCUT2D eigenvalue weighted by Gasteiger charge is 2.28. The molecule has 6 nitrogen and oxygen atoms in total. The Kier molecular flexibility index (Phi) is 4.64. The summed E-state index contributed by atoms with van der Waals surface area (Å²) in [5.41, 5.74) is 2.67. The summed E-state index contributed by atoms with van der Waals surface area (Å²) in [4.78, 5) is 16.2. The highest BCUT2D eigenvalue weighted by Crippen LogP contribution is 2.22. The van der Waals surface area contributed by atoms with Gasteiger partial charge in [0.1, 0.15) is 0 Å². The lowest BCUT2D eigenvalue weighted by atomic mass is 10.1. The molecule has 24 heavy (non-hydrogen) atoms. The monoisotopic (exact) mass is 346 g/mol. The smallest absolute Gasteiger partial charge is 0.275 e. The van der Waals surface area contributed by atoms with Crippen molar-refractivity contribution in [2.45, 2.75) is 38.5 Å². The van der Waals surface area contributed by atoms with Crippen LogP contribution in [0.4, 0.5) is 0 Å². The van der Waals surface area contributed by atoms with Gasteiger partial charge < -0.3 is 15.0 Å². The van der Waals surface area contributed by atoms with Crippen LogP contribution < -0.4 is 5.32 Å². The highest BCUT2D eigenvalue weighted by molar-refractivity contribution is 7.09. The second-order valence-electron chi connectivity index (χ2n) is 6.36. The summed E-state index contributed by atoms with van der Waals surface area (Å²) in [6.45, 7) is 3.68. The summed E-state index contributed by atoms with van der Waals surface area (Å²) >= 11 is 1.68. The first kappa shape index (κ1) is 15.8. The first-order valence-electron chi connectivity index (χ1n) is 8.51. The molecule has 1 atom stereocenters. The maximum atomic E-state index is 13.2. The van der Waals surface area contributed by atoms with Gasteiger partial charge in [0.2, 0.25) is 0 Å². The number of hydrogen-bond acceptors (Lipinski definition) is 5. The summed E-state index contributed by atoms with van der Waals surface area (Å²) in [6, 6.07) is 4.09. The van der Waals surface area contributed by atoms with E-state index in [0.717, 1.165) is 43.7 Å². The van der Waals surface area contributed by atoms with Gasteiger partial charge in [0, 0.05) is 48.8 Å². The van der Waals surface area contributed by atoms with Gasteiger partial charge >= 0.3 is 0 Å². The van der Waals surface area contributed by atoms with Gasteiger partial charge in [-0.25, -0.2) is 0 Å². The minimum Gasteiger partial charge on any atom is -0.376 e. The predicted molar refractivity (Wildman–Crippen MR) is 92.0 cm³/mol. The number of ether oxygens (including phenoxy) is 1. The first-order valence-corrected chi connectivity index (χ1v) is 9.39. The van der Waals surface area contributed by atoms with Crippen molar-refractivity contribution in [3.8, 4) is 0 Å². The van der Waals surface area contributed by atoms with Crippen molar-refractivity contribution in [1.29, 1.82) is 0 Å². The van der Waals surface area contributed by atoms with E-state index in [-0.39, 0.29) is 12.0 Å². The Balaban J connectivity index is 1.56. The zero-order chi connectivity index (χ0) is 16.4. The fraction of sp³-hybridized carbons (Fsp3) is 0.529. The van der Waals surface area contributed by atoms with Crippen LogP contribution in [-0.4, -0.2) is 46.8 Å². The van der Waals surface area contributed by atoms with Gasteiger partial charge in [-0.1, -0.05) is 6.07 Å². The molecule has 4 heterocycles. The topological polar surface area (TPSA) is 70.2 Å². The molecule has 1 unspecified atom stereocenters. The van der Waals surface area contributed by atoms with Crippen molar-refractivity contribution in [2.24, 2.45) is 0 Å². The molecule has 2 aromatic rings. The van der Waals surface area contributed by atoms with Crippen LogP contribution in [0.3, 0.4) is 0 Å². The van der Waals surface area contributed by atoms with Gasteiger partial charge in [-0.3, -0.25) is 9.89 Å². The molecular formula is C17H22N4O2S. The van der Waals surface area contributed by atoms with E-state index in [1.165, 1.54) is 4.88 Å². The number of amides is 1. The largest absolute Gasteiger partial charge is 0.376 e. The highest BCUT2D eigenvalue weighted by atomic mass is 32.1. The Morgan fingerprint density at radius 2 is 2.46 bits per heavy atom.